The SMILES string of the molecule is Cc1nnc(N2CCOC(C)C2)c(C(=N)N)c1C. The highest BCUT2D eigenvalue weighted by atomic mass is 16.5. The number of aryl methyl sites for hydroxylation is 1. The number of morpholine rings is 1. The molecule has 6 nitrogen and oxygen atoms in total. The summed E-state index contributed by atoms with van der Waals surface area (Å²) >= 11 is 0. The standard InChI is InChI=1S/C12H19N5O/c1-7-6-17(4-5-18-7)12-10(11(13)14)8(2)9(3)15-16-12/h7H,4-6H2,1-3H3,(H3,13,14). The maximum Gasteiger partial charge on any atom is 0.162 e. The first-order valence-electron chi connectivity index (χ1n) is 6.05. The maximum atomic E-state index is 7.73. The van der Waals surface area contributed by atoms with Crippen LogP contribution in [0.15, 0.2) is 0 Å². The highest BCUT2D eigenvalue weighted by Crippen LogP contribution is 2.23. The zero-order valence-corrected chi connectivity index (χ0v) is 11.0. The molecule has 1 atom stereocenters. The van der Waals surface area contributed by atoms with E-state index in [4.69, 9.17) is 15.9 Å². The van der Waals surface area contributed by atoms with E-state index in [1.54, 1.807) is 0 Å². The van der Waals surface area contributed by atoms with E-state index in [1.807, 2.05) is 20.8 Å². The molecular formula is C12H19N5O. The Morgan fingerprint density at radius 3 is 2.78 bits per heavy atom. The lowest BCUT2D eigenvalue weighted by atomic mass is 10.1. The predicted octanol–water partition coefficient (Wildman–Crippen LogP) is 0.603. The van der Waals surface area contributed by atoms with Crippen LogP contribution in [0, 0.1) is 19.3 Å². The van der Waals surface area contributed by atoms with Gasteiger partial charge in [0.05, 0.1) is 24.0 Å². The molecule has 1 unspecified atom stereocenters. The van der Waals surface area contributed by atoms with Crippen LogP contribution < -0.4 is 10.6 Å². The summed E-state index contributed by atoms with van der Waals surface area (Å²) in [7, 11) is 0. The number of nitrogens with two attached hydrogens (primary N) is 1. The third kappa shape index (κ3) is 2.28. The predicted molar refractivity (Wildman–Crippen MR) is 70.1 cm³/mol. The second-order valence-corrected chi connectivity index (χ2v) is 4.65. The lowest BCUT2D eigenvalue weighted by Gasteiger charge is -2.33. The van der Waals surface area contributed by atoms with Crippen molar-refractivity contribution < 1.29 is 4.74 Å². The number of nitrogen functional groups attached to an aromatic ring is 1. The van der Waals surface area contributed by atoms with Crippen LogP contribution in [0.25, 0.3) is 0 Å². The zero-order valence-electron chi connectivity index (χ0n) is 11.0. The average Bonchev–Trinajstić information content (AvgIpc) is 2.32. The number of nitrogens with zero attached hydrogens (tertiary/aromatic N) is 3. The number of amidine groups is 1. The van der Waals surface area contributed by atoms with E-state index < -0.39 is 0 Å². The first-order chi connectivity index (χ1) is 8.50. The monoisotopic (exact) mass is 249 g/mol. The van der Waals surface area contributed by atoms with Crippen LogP contribution in [0.4, 0.5) is 5.82 Å². The van der Waals surface area contributed by atoms with Crippen LogP contribution in [0.2, 0.25) is 0 Å². The fourth-order valence-corrected chi connectivity index (χ4v) is 2.15. The minimum absolute atomic E-state index is 0.0413. The summed E-state index contributed by atoms with van der Waals surface area (Å²) < 4.78 is 5.51. The molecular weight excluding hydrogens is 230 g/mol. The van der Waals surface area contributed by atoms with Gasteiger partial charge in [0.25, 0.3) is 0 Å². The first kappa shape index (κ1) is 12.8. The van der Waals surface area contributed by atoms with E-state index in [0.29, 0.717) is 18.0 Å². The Labute approximate surface area is 107 Å². The summed E-state index contributed by atoms with van der Waals surface area (Å²) in [6.45, 7) is 7.98. The van der Waals surface area contributed by atoms with Gasteiger partial charge in [-0.25, -0.2) is 0 Å². The van der Waals surface area contributed by atoms with Gasteiger partial charge in [-0.05, 0) is 26.3 Å². The van der Waals surface area contributed by atoms with Gasteiger partial charge < -0.3 is 15.4 Å². The molecule has 0 amide bonds. The molecule has 0 aliphatic carbocycles. The van der Waals surface area contributed by atoms with Crippen molar-refractivity contribution in [3.8, 4) is 0 Å². The van der Waals surface area contributed by atoms with Crippen molar-refractivity contribution in [1.29, 1.82) is 5.41 Å². The van der Waals surface area contributed by atoms with Crippen LogP contribution in [-0.2, 0) is 4.74 Å². The third-order valence-corrected chi connectivity index (χ3v) is 3.25. The number of nitrogens with one attached hydrogen (secondary N) is 1. The minimum atomic E-state index is 0.0413. The summed E-state index contributed by atoms with van der Waals surface area (Å²) in [5, 5.41) is 16.1. The lowest BCUT2D eigenvalue weighted by molar-refractivity contribution is 0.0528. The molecule has 0 aromatic carbocycles. The Kier molecular flexibility index (Phi) is 3.47. The molecule has 1 fully saturated rings. The molecule has 0 radical (unpaired) electrons. The number of anilines is 1. The second-order valence-electron chi connectivity index (χ2n) is 4.65. The third-order valence-electron chi connectivity index (χ3n) is 3.25. The first-order valence-corrected chi connectivity index (χ1v) is 6.05. The van der Waals surface area contributed by atoms with Crippen LogP contribution in [0.3, 0.4) is 0 Å². The molecule has 18 heavy (non-hydrogen) atoms. The Bertz CT molecular complexity index is 474. The van der Waals surface area contributed by atoms with Crippen LogP contribution >= 0.6 is 0 Å². The summed E-state index contributed by atoms with van der Waals surface area (Å²) in [6.07, 6.45) is 0.155. The summed E-state index contributed by atoms with van der Waals surface area (Å²) in [5.41, 5.74) is 8.11. The number of hydrogen-bond acceptors (Lipinski definition) is 5. The molecule has 1 aromatic rings. The quantitative estimate of drug-likeness (QED) is 0.592. The van der Waals surface area contributed by atoms with E-state index in [-0.39, 0.29) is 11.9 Å². The zero-order chi connectivity index (χ0) is 13.3. The smallest absolute Gasteiger partial charge is 0.162 e. The van der Waals surface area contributed by atoms with Gasteiger partial charge >= 0.3 is 0 Å². The summed E-state index contributed by atoms with van der Waals surface area (Å²) in [4.78, 5) is 2.09. The van der Waals surface area contributed by atoms with Crippen molar-refractivity contribution in [3.63, 3.8) is 0 Å². The summed E-state index contributed by atoms with van der Waals surface area (Å²) in [6, 6.07) is 0. The van der Waals surface area contributed by atoms with Crippen molar-refractivity contribution in [2.24, 2.45) is 5.73 Å². The summed E-state index contributed by atoms with van der Waals surface area (Å²) in [5.74, 6) is 0.736. The Balaban J connectivity index is 2.43. The van der Waals surface area contributed by atoms with Crippen LogP contribution in [0.1, 0.15) is 23.7 Å². The Morgan fingerprint density at radius 2 is 2.17 bits per heavy atom. The number of hydrogen-bond donors (Lipinski definition) is 2. The molecule has 98 valence electrons. The van der Waals surface area contributed by atoms with Crippen molar-refractivity contribution in [3.05, 3.63) is 16.8 Å². The molecule has 0 saturated carbocycles. The minimum Gasteiger partial charge on any atom is -0.384 e. The number of aromatic nitrogens is 2. The molecule has 0 spiro atoms. The fraction of sp³-hybridized carbons (Fsp3) is 0.583. The van der Waals surface area contributed by atoms with Crippen LogP contribution in [0.5, 0.6) is 0 Å². The highest BCUT2D eigenvalue weighted by Gasteiger charge is 2.23. The van der Waals surface area contributed by atoms with Crippen LogP contribution in [-0.4, -0.2) is 41.8 Å². The molecule has 1 aromatic heterocycles. The van der Waals surface area contributed by atoms with Gasteiger partial charge in [-0.3, -0.25) is 5.41 Å². The van der Waals surface area contributed by atoms with E-state index in [9.17, 15) is 0 Å². The van der Waals surface area contributed by atoms with Gasteiger partial charge in [0.1, 0.15) is 5.84 Å². The van der Waals surface area contributed by atoms with E-state index in [2.05, 4.69) is 15.1 Å². The average molecular weight is 249 g/mol. The molecule has 1 aliphatic heterocycles. The Hall–Kier alpha value is -1.69. The number of ether oxygens (including phenoxy) is 1. The van der Waals surface area contributed by atoms with Gasteiger partial charge in [-0.1, -0.05) is 0 Å². The normalized spacial score (nSPS) is 19.9. The van der Waals surface area contributed by atoms with Gasteiger partial charge in [0, 0.05) is 13.1 Å². The van der Waals surface area contributed by atoms with Gasteiger partial charge in [-0.15, -0.1) is 5.10 Å². The molecule has 1 saturated heterocycles. The topological polar surface area (TPSA) is 88.1 Å². The van der Waals surface area contributed by atoms with E-state index in [1.165, 1.54) is 0 Å². The van der Waals surface area contributed by atoms with Gasteiger partial charge in [0.2, 0.25) is 0 Å². The fourth-order valence-electron chi connectivity index (χ4n) is 2.15. The van der Waals surface area contributed by atoms with Crippen molar-refractivity contribution in [1.82, 2.24) is 10.2 Å². The Morgan fingerprint density at radius 1 is 1.44 bits per heavy atom. The van der Waals surface area contributed by atoms with Crippen molar-refractivity contribution >= 4 is 11.7 Å². The molecule has 2 rings (SSSR count). The molecule has 3 N–H and O–H groups in total. The second kappa shape index (κ2) is 4.89. The van der Waals surface area contributed by atoms with E-state index >= 15 is 0 Å². The van der Waals surface area contributed by atoms with Gasteiger partial charge in [-0.2, -0.15) is 5.10 Å². The van der Waals surface area contributed by atoms with E-state index in [0.717, 1.165) is 24.3 Å². The molecule has 1 aliphatic rings. The van der Waals surface area contributed by atoms with Gasteiger partial charge in [0.15, 0.2) is 5.82 Å². The highest BCUT2D eigenvalue weighted by molar-refractivity contribution is 6.01. The number of rotatable bonds is 2. The maximum absolute atomic E-state index is 7.73. The molecule has 6 heteroatoms. The van der Waals surface area contributed by atoms with Crippen molar-refractivity contribution in [2.75, 3.05) is 24.6 Å². The molecule has 2 heterocycles. The molecule has 0 bridgehead atoms. The lowest BCUT2D eigenvalue weighted by Crippen LogP contribution is -2.42. The largest absolute Gasteiger partial charge is 0.384 e. The van der Waals surface area contributed by atoms with Crippen molar-refractivity contribution in [2.45, 2.75) is 26.9 Å².